The Kier molecular flexibility index (Phi) is 9.86. The van der Waals surface area contributed by atoms with E-state index < -0.39 is 6.10 Å². The lowest BCUT2D eigenvalue weighted by atomic mass is 10.2. The predicted octanol–water partition coefficient (Wildman–Crippen LogP) is 3.91. The molecule has 0 unspecified atom stereocenters. The van der Waals surface area contributed by atoms with Crippen molar-refractivity contribution in [3.05, 3.63) is 84.0 Å². The molecule has 0 aliphatic heterocycles. The molecule has 28 heavy (non-hydrogen) atoms. The quantitative estimate of drug-likeness (QED) is 0.444. The summed E-state index contributed by atoms with van der Waals surface area (Å²) >= 11 is 0. The molecule has 5 heteroatoms. The molecule has 1 N–H and O–H groups in total. The molecule has 0 saturated carbocycles. The van der Waals surface area contributed by atoms with E-state index in [9.17, 15) is 5.11 Å². The van der Waals surface area contributed by atoms with Crippen LogP contribution in [0.15, 0.2) is 72.8 Å². The maximum atomic E-state index is 9.88. The predicted molar refractivity (Wildman–Crippen MR) is 110 cm³/mol. The van der Waals surface area contributed by atoms with Gasteiger partial charge in [-0.1, -0.05) is 48.6 Å². The number of benzene rings is 2. The zero-order chi connectivity index (χ0) is 20.0. The van der Waals surface area contributed by atoms with Crippen LogP contribution in [0.25, 0.3) is 0 Å². The fourth-order valence-electron chi connectivity index (χ4n) is 2.39. The average molecular weight is 384 g/mol. The second kappa shape index (κ2) is 12.7. The van der Waals surface area contributed by atoms with Gasteiger partial charge in [0.25, 0.3) is 0 Å². The highest BCUT2D eigenvalue weighted by Gasteiger charge is 1.96. The Morgan fingerprint density at radius 2 is 1.11 bits per heavy atom. The molecule has 0 spiro atoms. The Hall–Kier alpha value is -2.60. The number of aliphatic hydroxyl groups is 1. The van der Waals surface area contributed by atoms with Gasteiger partial charge in [-0.2, -0.15) is 0 Å². The van der Waals surface area contributed by atoms with E-state index in [4.69, 9.17) is 18.9 Å². The molecule has 0 radical (unpaired) electrons. The fraction of sp³-hybridized carbons (Fsp3) is 0.304. The van der Waals surface area contributed by atoms with Crippen LogP contribution < -0.4 is 9.47 Å². The van der Waals surface area contributed by atoms with Gasteiger partial charge in [-0.3, -0.25) is 0 Å². The molecule has 2 aromatic rings. The van der Waals surface area contributed by atoms with Crippen LogP contribution in [0, 0.1) is 0 Å². The minimum absolute atomic E-state index is 0.435. The molecular weight excluding hydrogens is 356 g/mol. The third-order valence-electron chi connectivity index (χ3n) is 3.95. The zero-order valence-electron chi connectivity index (χ0n) is 16.4. The third-order valence-corrected chi connectivity index (χ3v) is 3.95. The summed E-state index contributed by atoms with van der Waals surface area (Å²) in [5.41, 5.74) is 2.15. The monoisotopic (exact) mass is 384 g/mol. The molecule has 0 atom stereocenters. The number of rotatable bonds is 12. The molecule has 0 aliphatic rings. The summed E-state index contributed by atoms with van der Waals surface area (Å²) in [6.45, 7) is 1.90. The molecule has 0 bridgehead atoms. The van der Waals surface area contributed by atoms with Crippen molar-refractivity contribution in [2.24, 2.45) is 0 Å². The minimum Gasteiger partial charge on any atom is -0.497 e. The summed E-state index contributed by atoms with van der Waals surface area (Å²) in [6.07, 6.45) is 6.32. The lowest BCUT2D eigenvalue weighted by Crippen LogP contribution is -2.00. The Morgan fingerprint density at radius 1 is 0.714 bits per heavy atom. The standard InChI is InChI=1S/C23H28O5/c1-25-22-11-7-19(8-12-22)17-27-15-3-5-21(24)6-4-16-28-18-20-9-13-23(26-2)14-10-20/h3-14,21,24H,15-18H2,1-2H3/b5-3-,6-4-. The maximum Gasteiger partial charge on any atom is 0.118 e. The van der Waals surface area contributed by atoms with Crippen LogP contribution in [0.3, 0.4) is 0 Å². The van der Waals surface area contributed by atoms with Crippen molar-refractivity contribution in [1.29, 1.82) is 0 Å². The second-order valence-corrected chi connectivity index (χ2v) is 6.07. The molecule has 0 fully saturated rings. The fourth-order valence-corrected chi connectivity index (χ4v) is 2.39. The summed E-state index contributed by atoms with van der Waals surface area (Å²) in [5, 5.41) is 9.88. The van der Waals surface area contributed by atoms with Crippen molar-refractivity contribution >= 4 is 0 Å². The Bertz CT molecular complexity index is 656. The Labute approximate surface area is 166 Å². The van der Waals surface area contributed by atoms with E-state index in [1.54, 1.807) is 38.5 Å². The van der Waals surface area contributed by atoms with Crippen LogP contribution in [0.1, 0.15) is 11.1 Å². The van der Waals surface area contributed by atoms with Crippen molar-refractivity contribution < 1.29 is 24.1 Å². The van der Waals surface area contributed by atoms with E-state index in [0.29, 0.717) is 26.4 Å². The van der Waals surface area contributed by atoms with E-state index >= 15 is 0 Å². The summed E-state index contributed by atoms with van der Waals surface area (Å²) in [5.74, 6) is 1.65. The Balaban J connectivity index is 1.56. The van der Waals surface area contributed by atoms with Gasteiger partial charge in [0.2, 0.25) is 0 Å². The number of methoxy groups -OCH3 is 2. The molecule has 0 amide bonds. The smallest absolute Gasteiger partial charge is 0.118 e. The van der Waals surface area contributed by atoms with Crippen LogP contribution in [0.4, 0.5) is 0 Å². The normalized spacial score (nSPS) is 11.6. The van der Waals surface area contributed by atoms with Gasteiger partial charge in [-0.25, -0.2) is 0 Å². The van der Waals surface area contributed by atoms with Gasteiger partial charge in [-0.05, 0) is 35.4 Å². The molecule has 0 aliphatic carbocycles. The van der Waals surface area contributed by atoms with Crippen molar-refractivity contribution in [2.45, 2.75) is 19.3 Å². The van der Waals surface area contributed by atoms with Crippen molar-refractivity contribution in [3.8, 4) is 11.5 Å². The molecule has 0 saturated heterocycles. The number of hydrogen-bond acceptors (Lipinski definition) is 5. The van der Waals surface area contributed by atoms with Gasteiger partial charge < -0.3 is 24.1 Å². The first-order chi connectivity index (χ1) is 13.7. The van der Waals surface area contributed by atoms with Crippen molar-refractivity contribution in [1.82, 2.24) is 0 Å². The van der Waals surface area contributed by atoms with E-state index in [1.807, 2.05) is 48.5 Å². The molecule has 2 rings (SSSR count). The van der Waals surface area contributed by atoms with E-state index in [2.05, 4.69) is 0 Å². The van der Waals surface area contributed by atoms with Gasteiger partial charge in [-0.15, -0.1) is 0 Å². The second-order valence-electron chi connectivity index (χ2n) is 6.07. The van der Waals surface area contributed by atoms with Crippen LogP contribution in [0.2, 0.25) is 0 Å². The average Bonchev–Trinajstić information content (AvgIpc) is 2.74. The Morgan fingerprint density at radius 3 is 1.46 bits per heavy atom. The minimum atomic E-state index is -0.658. The highest BCUT2D eigenvalue weighted by Crippen LogP contribution is 2.12. The largest absolute Gasteiger partial charge is 0.497 e. The van der Waals surface area contributed by atoms with E-state index in [1.165, 1.54) is 0 Å². The summed E-state index contributed by atoms with van der Waals surface area (Å²) in [7, 11) is 3.28. The maximum absolute atomic E-state index is 9.88. The SMILES string of the molecule is COc1ccc(COC/C=C\C(O)/C=C\COCc2ccc(OC)cc2)cc1. The van der Waals surface area contributed by atoms with Crippen LogP contribution in [0.5, 0.6) is 11.5 Å². The molecule has 5 nitrogen and oxygen atoms in total. The van der Waals surface area contributed by atoms with Crippen molar-refractivity contribution in [2.75, 3.05) is 27.4 Å². The number of hydrogen-bond donors (Lipinski definition) is 1. The first-order valence-electron chi connectivity index (χ1n) is 9.14. The van der Waals surface area contributed by atoms with Gasteiger partial charge in [0.05, 0.1) is 46.8 Å². The number of ether oxygens (including phenoxy) is 4. The molecular formula is C23H28O5. The lowest BCUT2D eigenvalue weighted by Gasteiger charge is -2.04. The molecule has 150 valence electrons. The van der Waals surface area contributed by atoms with Crippen molar-refractivity contribution in [3.63, 3.8) is 0 Å². The highest BCUT2D eigenvalue weighted by molar-refractivity contribution is 5.27. The zero-order valence-corrected chi connectivity index (χ0v) is 16.4. The van der Waals surface area contributed by atoms with Crippen LogP contribution in [-0.4, -0.2) is 38.6 Å². The van der Waals surface area contributed by atoms with E-state index in [0.717, 1.165) is 22.6 Å². The first-order valence-corrected chi connectivity index (χ1v) is 9.14. The topological polar surface area (TPSA) is 57.2 Å². The van der Waals surface area contributed by atoms with E-state index in [-0.39, 0.29) is 0 Å². The molecule has 2 aromatic carbocycles. The summed E-state index contributed by atoms with van der Waals surface area (Å²) < 4.78 is 21.3. The van der Waals surface area contributed by atoms with Crippen LogP contribution in [-0.2, 0) is 22.7 Å². The van der Waals surface area contributed by atoms with Gasteiger partial charge >= 0.3 is 0 Å². The van der Waals surface area contributed by atoms with Gasteiger partial charge in [0.15, 0.2) is 0 Å². The van der Waals surface area contributed by atoms with Gasteiger partial charge in [0, 0.05) is 0 Å². The highest BCUT2D eigenvalue weighted by atomic mass is 16.5. The lowest BCUT2D eigenvalue weighted by molar-refractivity contribution is 0.146. The summed E-state index contributed by atoms with van der Waals surface area (Å²) in [6, 6.07) is 15.5. The van der Waals surface area contributed by atoms with Gasteiger partial charge in [0.1, 0.15) is 11.5 Å². The third kappa shape index (κ3) is 8.39. The van der Waals surface area contributed by atoms with Crippen LogP contribution >= 0.6 is 0 Å². The summed E-state index contributed by atoms with van der Waals surface area (Å²) in [4.78, 5) is 0. The molecule has 0 aromatic heterocycles. The molecule has 0 heterocycles. The first kappa shape index (κ1) is 21.7. The number of aliphatic hydroxyl groups excluding tert-OH is 1.